The number of hydrogen-bond acceptors (Lipinski definition) is 2. The molecule has 19 heavy (non-hydrogen) atoms. The normalized spacial score (nSPS) is 12.8. The smallest absolute Gasteiger partial charge is 0.177 e. The van der Waals surface area contributed by atoms with Crippen molar-refractivity contribution in [1.82, 2.24) is 4.90 Å². The fourth-order valence-corrected chi connectivity index (χ4v) is 2.37. The van der Waals surface area contributed by atoms with Gasteiger partial charge in [-0.3, -0.25) is 9.69 Å². The van der Waals surface area contributed by atoms with E-state index in [1.807, 2.05) is 13.0 Å². The maximum absolute atomic E-state index is 12.5. The van der Waals surface area contributed by atoms with Gasteiger partial charge < -0.3 is 0 Å². The second-order valence-corrected chi connectivity index (χ2v) is 5.49. The van der Waals surface area contributed by atoms with Gasteiger partial charge in [0.15, 0.2) is 5.78 Å². The molecule has 0 aliphatic rings. The average molecular weight is 261 g/mol. The summed E-state index contributed by atoms with van der Waals surface area (Å²) in [5.74, 6) is 0.239. The number of aryl methyl sites for hydroxylation is 3. The van der Waals surface area contributed by atoms with Crippen LogP contribution in [0.2, 0.25) is 0 Å². The molecular weight excluding hydrogens is 234 g/mol. The van der Waals surface area contributed by atoms with Gasteiger partial charge in [-0.1, -0.05) is 19.9 Å². The minimum Gasteiger partial charge on any atom is -0.293 e. The van der Waals surface area contributed by atoms with Gasteiger partial charge in [-0.05, 0) is 63.4 Å². The Morgan fingerprint density at radius 3 is 2.21 bits per heavy atom. The predicted molar refractivity (Wildman–Crippen MR) is 82.0 cm³/mol. The zero-order valence-corrected chi connectivity index (χ0v) is 13.2. The lowest BCUT2D eigenvalue weighted by Gasteiger charge is -2.26. The van der Waals surface area contributed by atoms with E-state index in [2.05, 4.69) is 45.6 Å². The van der Waals surface area contributed by atoms with Crippen LogP contribution in [0.3, 0.4) is 0 Å². The Morgan fingerprint density at radius 2 is 1.68 bits per heavy atom. The summed E-state index contributed by atoms with van der Waals surface area (Å²) in [6.07, 6.45) is 1.08. The molecule has 0 spiro atoms. The quantitative estimate of drug-likeness (QED) is 0.723. The minimum absolute atomic E-state index is 0.239. The van der Waals surface area contributed by atoms with E-state index in [4.69, 9.17) is 0 Å². The van der Waals surface area contributed by atoms with Gasteiger partial charge in [-0.15, -0.1) is 0 Å². The lowest BCUT2D eigenvalue weighted by molar-refractivity contribution is 0.0902. The van der Waals surface area contributed by atoms with Crippen LogP contribution in [-0.2, 0) is 0 Å². The van der Waals surface area contributed by atoms with Crippen LogP contribution >= 0.6 is 0 Å². The van der Waals surface area contributed by atoms with Gasteiger partial charge in [0.1, 0.15) is 0 Å². The Labute approximate surface area is 117 Å². The zero-order valence-electron chi connectivity index (χ0n) is 13.2. The van der Waals surface area contributed by atoms with Crippen LogP contribution in [0.1, 0.15) is 54.2 Å². The molecule has 1 rings (SSSR count). The first-order chi connectivity index (χ1) is 8.90. The van der Waals surface area contributed by atoms with E-state index in [1.54, 1.807) is 0 Å². The first-order valence-electron chi connectivity index (χ1n) is 7.25. The average Bonchev–Trinajstić information content (AvgIpc) is 2.38. The van der Waals surface area contributed by atoms with Gasteiger partial charge in [0.05, 0.1) is 6.54 Å². The second-order valence-electron chi connectivity index (χ2n) is 5.49. The Hall–Kier alpha value is -1.15. The van der Waals surface area contributed by atoms with E-state index in [0.717, 1.165) is 24.1 Å². The van der Waals surface area contributed by atoms with Crippen LogP contribution in [0.15, 0.2) is 12.1 Å². The number of nitrogens with zero attached hydrogens (tertiary/aromatic N) is 1. The van der Waals surface area contributed by atoms with E-state index in [1.165, 1.54) is 11.1 Å². The first-order valence-corrected chi connectivity index (χ1v) is 7.25. The summed E-state index contributed by atoms with van der Waals surface area (Å²) >= 11 is 0. The Kier molecular flexibility index (Phi) is 5.74. The number of carbonyl (C=O) groups excluding carboxylic acids is 1. The molecule has 0 amide bonds. The molecule has 0 aliphatic heterocycles. The molecule has 106 valence electrons. The fraction of sp³-hybridized carbons (Fsp3) is 0.588. The van der Waals surface area contributed by atoms with E-state index in [9.17, 15) is 4.79 Å². The molecule has 0 heterocycles. The van der Waals surface area contributed by atoms with E-state index >= 15 is 0 Å². The number of carbonyl (C=O) groups is 1. The summed E-state index contributed by atoms with van der Waals surface area (Å²) in [6.45, 7) is 14.1. The number of Topliss-reactive ketones (excluding diaryl/α,β-unsaturated/α-hetero) is 1. The van der Waals surface area contributed by atoms with Crippen molar-refractivity contribution >= 4 is 5.78 Å². The lowest BCUT2D eigenvalue weighted by atomic mass is 9.97. The topological polar surface area (TPSA) is 20.3 Å². The predicted octanol–water partition coefficient (Wildman–Crippen LogP) is 3.91. The molecule has 1 unspecified atom stereocenters. The molecule has 0 saturated carbocycles. The van der Waals surface area contributed by atoms with Crippen molar-refractivity contribution in [2.45, 2.75) is 54.0 Å². The third-order valence-electron chi connectivity index (χ3n) is 4.11. The van der Waals surface area contributed by atoms with Crippen LogP contribution in [0.25, 0.3) is 0 Å². The van der Waals surface area contributed by atoms with Crippen LogP contribution in [-0.4, -0.2) is 29.8 Å². The van der Waals surface area contributed by atoms with Gasteiger partial charge in [0, 0.05) is 11.6 Å². The van der Waals surface area contributed by atoms with Crippen LogP contribution in [0.5, 0.6) is 0 Å². The van der Waals surface area contributed by atoms with Crippen LogP contribution in [0, 0.1) is 20.8 Å². The van der Waals surface area contributed by atoms with Gasteiger partial charge >= 0.3 is 0 Å². The fourth-order valence-electron chi connectivity index (χ4n) is 2.37. The van der Waals surface area contributed by atoms with E-state index < -0.39 is 0 Å². The molecule has 0 bridgehead atoms. The highest BCUT2D eigenvalue weighted by molar-refractivity contribution is 5.99. The molecule has 0 radical (unpaired) electrons. The molecule has 0 aliphatic carbocycles. The summed E-state index contributed by atoms with van der Waals surface area (Å²) in [5, 5.41) is 0. The molecular formula is C17H27NO. The van der Waals surface area contributed by atoms with Crippen molar-refractivity contribution in [1.29, 1.82) is 0 Å². The Bertz CT molecular complexity index is 451. The molecule has 1 aromatic rings. The largest absolute Gasteiger partial charge is 0.293 e. The summed E-state index contributed by atoms with van der Waals surface area (Å²) < 4.78 is 0. The van der Waals surface area contributed by atoms with Gasteiger partial charge in [-0.25, -0.2) is 0 Å². The monoisotopic (exact) mass is 261 g/mol. The highest BCUT2D eigenvalue weighted by Gasteiger charge is 2.17. The van der Waals surface area contributed by atoms with Gasteiger partial charge in [-0.2, -0.15) is 0 Å². The van der Waals surface area contributed by atoms with Crippen LogP contribution in [0.4, 0.5) is 0 Å². The maximum atomic E-state index is 12.5. The number of likely N-dealkylation sites (N-methyl/N-ethyl adjacent to an activating group) is 1. The van der Waals surface area contributed by atoms with Crippen LogP contribution < -0.4 is 0 Å². The third kappa shape index (κ3) is 3.90. The Balaban J connectivity index is 2.92. The van der Waals surface area contributed by atoms with Gasteiger partial charge in [0.2, 0.25) is 0 Å². The summed E-state index contributed by atoms with van der Waals surface area (Å²) in [4.78, 5) is 14.7. The molecule has 0 fully saturated rings. The molecule has 0 aromatic heterocycles. The standard InChI is InChI=1S/C17H27NO/c1-7-15(6)18(8-2)11-17(19)16-10-13(4)12(3)9-14(16)5/h9-10,15H,7-8,11H2,1-6H3. The molecule has 0 saturated heterocycles. The SMILES string of the molecule is CCC(C)N(CC)CC(=O)c1cc(C)c(C)cc1C. The number of ketones is 1. The lowest BCUT2D eigenvalue weighted by Crippen LogP contribution is -2.37. The molecule has 2 heteroatoms. The highest BCUT2D eigenvalue weighted by Crippen LogP contribution is 2.17. The molecule has 0 N–H and O–H groups in total. The van der Waals surface area contributed by atoms with Crippen molar-refractivity contribution < 1.29 is 4.79 Å². The highest BCUT2D eigenvalue weighted by atomic mass is 16.1. The second kappa shape index (κ2) is 6.85. The van der Waals surface area contributed by atoms with Crippen molar-refractivity contribution in [3.8, 4) is 0 Å². The van der Waals surface area contributed by atoms with E-state index in [-0.39, 0.29) is 5.78 Å². The van der Waals surface area contributed by atoms with Crippen molar-refractivity contribution in [2.75, 3.05) is 13.1 Å². The number of benzene rings is 1. The Morgan fingerprint density at radius 1 is 1.11 bits per heavy atom. The van der Waals surface area contributed by atoms with Gasteiger partial charge in [0.25, 0.3) is 0 Å². The summed E-state index contributed by atoms with van der Waals surface area (Å²) in [6, 6.07) is 4.61. The molecule has 2 nitrogen and oxygen atoms in total. The van der Waals surface area contributed by atoms with E-state index in [0.29, 0.717) is 12.6 Å². The minimum atomic E-state index is 0.239. The molecule has 1 aromatic carbocycles. The number of hydrogen-bond donors (Lipinski definition) is 0. The zero-order chi connectivity index (χ0) is 14.6. The van der Waals surface area contributed by atoms with Crippen molar-refractivity contribution in [2.24, 2.45) is 0 Å². The summed E-state index contributed by atoms with van der Waals surface area (Å²) in [5.41, 5.74) is 4.42. The maximum Gasteiger partial charge on any atom is 0.177 e. The first kappa shape index (κ1) is 15.9. The third-order valence-corrected chi connectivity index (χ3v) is 4.11. The molecule has 1 atom stereocenters. The number of rotatable bonds is 6. The van der Waals surface area contributed by atoms with Crippen molar-refractivity contribution in [3.63, 3.8) is 0 Å². The summed E-state index contributed by atoms with van der Waals surface area (Å²) in [7, 11) is 0. The van der Waals surface area contributed by atoms with Crippen molar-refractivity contribution in [3.05, 3.63) is 34.4 Å².